The number of benzene rings is 1. The molecule has 0 fully saturated rings. The molecule has 0 saturated carbocycles. The fourth-order valence-electron chi connectivity index (χ4n) is 2.43. The summed E-state index contributed by atoms with van der Waals surface area (Å²) in [5, 5.41) is 0. The highest BCUT2D eigenvalue weighted by Crippen LogP contribution is 2.33. The fourth-order valence-corrected chi connectivity index (χ4v) is 2.43. The van der Waals surface area contributed by atoms with Crippen LogP contribution in [0.5, 0.6) is 5.75 Å². The highest BCUT2D eigenvalue weighted by atomic mass is 16.5. The van der Waals surface area contributed by atoms with Gasteiger partial charge >= 0.3 is 5.97 Å². The molecule has 0 spiro atoms. The molecule has 0 atom stereocenters. The SMILES string of the molecule is CCCC(=O)c1ccc2c(c1)N(CCC(=O)OCC)C(=O)CO2. The predicted octanol–water partition coefficient (Wildman–Crippen LogP) is 2.35. The maximum Gasteiger partial charge on any atom is 0.307 e. The number of Topliss-reactive ketones (excluding diaryl/α,β-unsaturated/α-hetero) is 1. The van der Waals surface area contributed by atoms with E-state index in [1.165, 1.54) is 4.90 Å². The van der Waals surface area contributed by atoms with Crippen LogP contribution in [0.4, 0.5) is 5.69 Å². The normalized spacial score (nSPS) is 13.3. The highest BCUT2D eigenvalue weighted by molar-refractivity contribution is 6.02. The van der Waals surface area contributed by atoms with Gasteiger partial charge in [-0.1, -0.05) is 6.92 Å². The Hall–Kier alpha value is -2.37. The number of esters is 1. The maximum absolute atomic E-state index is 12.1. The summed E-state index contributed by atoms with van der Waals surface area (Å²) >= 11 is 0. The second-order valence-electron chi connectivity index (χ2n) is 5.24. The molecule has 0 aliphatic carbocycles. The summed E-state index contributed by atoms with van der Waals surface area (Å²) in [7, 11) is 0. The molecular weight excluding hydrogens is 298 g/mol. The predicted molar refractivity (Wildman–Crippen MR) is 84.8 cm³/mol. The van der Waals surface area contributed by atoms with Crippen molar-refractivity contribution in [3.63, 3.8) is 0 Å². The average molecular weight is 319 g/mol. The van der Waals surface area contributed by atoms with Gasteiger partial charge in [0.25, 0.3) is 5.91 Å². The Labute approximate surface area is 135 Å². The van der Waals surface area contributed by atoms with Crippen molar-refractivity contribution in [2.45, 2.75) is 33.1 Å². The molecule has 6 heteroatoms. The first-order valence-electron chi connectivity index (χ1n) is 7.82. The van der Waals surface area contributed by atoms with Gasteiger partial charge in [0.15, 0.2) is 12.4 Å². The average Bonchev–Trinajstić information content (AvgIpc) is 2.54. The fraction of sp³-hybridized carbons (Fsp3) is 0.471. The first-order chi connectivity index (χ1) is 11.1. The Bertz CT molecular complexity index is 611. The molecule has 6 nitrogen and oxygen atoms in total. The molecule has 1 heterocycles. The monoisotopic (exact) mass is 319 g/mol. The zero-order valence-electron chi connectivity index (χ0n) is 13.5. The summed E-state index contributed by atoms with van der Waals surface area (Å²) in [5.41, 5.74) is 1.08. The van der Waals surface area contributed by atoms with Crippen LogP contribution in [0.15, 0.2) is 18.2 Å². The van der Waals surface area contributed by atoms with Crippen LogP contribution in [0, 0.1) is 0 Å². The van der Waals surface area contributed by atoms with E-state index in [1.54, 1.807) is 25.1 Å². The molecule has 2 rings (SSSR count). The third-order valence-electron chi connectivity index (χ3n) is 3.55. The molecule has 1 aromatic rings. The number of anilines is 1. The second-order valence-corrected chi connectivity index (χ2v) is 5.24. The number of rotatable bonds is 7. The van der Waals surface area contributed by atoms with E-state index in [0.717, 1.165) is 6.42 Å². The largest absolute Gasteiger partial charge is 0.482 e. The third kappa shape index (κ3) is 4.09. The quantitative estimate of drug-likeness (QED) is 0.570. The number of nitrogens with zero attached hydrogens (tertiary/aromatic N) is 1. The van der Waals surface area contributed by atoms with Crippen LogP contribution in [-0.4, -0.2) is 37.4 Å². The number of carbonyl (C=O) groups is 3. The van der Waals surface area contributed by atoms with Gasteiger partial charge in [-0.2, -0.15) is 0 Å². The van der Waals surface area contributed by atoms with Crippen LogP contribution in [0.3, 0.4) is 0 Å². The van der Waals surface area contributed by atoms with Crippen LogP contribution < -0.4 is 9.64 Å². The van der Waals surface area contributed by atoms with E-state index in [1.807, 2.05) is 6.92 Å². The summed E-state index contributed by atoms with van der Waals surface area (Å²) in [6, 6.07) is 5.06. The van der Waals surface area contributed by atoms with Gasteiger partial charge in [-0.25, -0.2) is 0 Å². The van der Waals surface area contributed by atoms with Crippen molar-refractivity contribution in [2.75, 3.05) is 24.7 Å². The lowest BCUT2D eigenvalue weighted by Crippen LogP contribution is -2.40. The molecule has 0 saturated heterocycles. The molecule has 1 aromatic carbocycles. The topological polar surface area (TPSA) is 72.9 Å². The standard InChI is InChI=1S/C17H21NO5/c1-3-5-14(19)12-6-7-15-13(10-12)18(16(20)11-23-15)9-8-17(21)22-4-2/h6-7,10H,3-5,8-9,11H2,1-2H3. The summed E-state index contributed by atoms with van der Waals surface area (Å²) in [5.74, 6) is -0.0198. The summed E-state index contributed by atoms with van der Waals surface area (Å²) in [4.78, 5) is 37.2. The van der Waals surface area contributed by atoms with Gasteiger partial charge in [0.05, 0.1) is 18.7 Å². The van der Waals surface area contributed by atoms with E-state index in [4.69, 9.17) is 9.47 Å². The van der Waals surface area contributed by atoms with Crippen LogP contribution >= 0.6 is 0 Å². The molecule has 124 valence electrons. The number of amides is 1. The van der Waals surface area contributed by atoms with Gasteiger partial charge in [-0.3, -0.25) is 14.4 Å². The van der Waals surface area contributed by atoms with E-state index < -0.39 is 0 Å². The Morgan fingerprint density at radius 2 is 2.04 bits per heavy atom. The highest BCUT2D eigenvalue weighted by Gasteiger charge is 2.27. The van der Waals surface area contributed by atoms with Gasteiger partial charge in [-0.15, -0.1) is 0 Å². The van der Waals surface area contributed by atoms with Crippen molar-refractivity contribution >= 4 is 23.3 Å². The molecule has 1 amide bonds. The number of hydrogen-bond acceptors (Lipinski definition) is 5. The minimum Gasteiger partial charge on any atom is -0.482 e. The Morgan fingerprint density at radius 3 is 2.74 bits per heavy atom. The lowest BCUT2D eigenvalue weighted by atomic mass is 10.0. The number of ether oxygens (including phenoxy) is 2. The van der Waals surface area contributed by atoms with E-state index in [9.17, 15) is 14.4 Å². The maximum atomic E-state index is 12.1. The Morgan fingerprint density at radius 1 is 1.26 bits per heavy atom. The molecule has 0 aromatic heterocycles. The van der Waals surface area contributed by atoms with Gasteiger partial charge in [-0.05, 0) is 31.5 Å². The van der Waals surface area contributed by atoms with E-state index in [0.29, 0.717) is 30.0 Å². The zero-order valence-corrected chi connectivity index (χ0v) is 13.5. The van der Waals surface area contributed by atoms with Crippen LogP contribution in [0.1, 0.15) is 43.5 Å². The van der Waals surface area contributed by atoms with Crippen molar-refractivity contribution < 1.29 is 23.9 Å². The summed E-state index contributed by atoms with van der Waals surface area (Å²) in [6.07, 6.45) is 1.32. The molecule has 1 aliphatic heterocycles. The van der Waals surface area contributed by atoms with Gasteiger partial charge < -0.3 is 14.4 Å². The Balaban J connectivity index is 2.21. The van der Waals surface area contributed by atoms with E-state index in [-0.39, 0.29) is 37.2 Å². The van der Waals surface area contributed by atoms with Crippen molar-refractivity contribution in [1.29, 1.82) is 0 Å². The summed E-state index contributed by atoms with van der Waals surface area (Å²) < 4.78 is 10.3. The third-order valence-corrected chi connectivity index (χ3v) is 3.55. The second kappa shape index (κ2) is 7.76. The van der Waals surface area contributed by atoms with Crippen molar-refractivity contribution in [2.24, 2.45) is 0 Å². The molecular formula is C17H21NO5. The van der Waals surface area contributed by atoms with E-state index >= 15 is 0 Å². The van der Waals surface area contributed by atoms with Gasteiger partial charge in [0.1, 0.15) is 5.75 Å². The van der Waals surface area contributed by atoms with Gasteiger partial charge in [0.2, 0.25) is 0 Å². The van der Waals surface area contributed by atoms with E-state index in [2.05, 4.69) is 0 Å². The van der Waals surface area contributed by atoms with Crippen molar-refractivity contribution in [1.82, 2.24) is 0 Å². The smallest absolute Gasteiger partial charge is 0.307 e. The first-order valence-corrected chi connectivity index (χ1v) is 7.82. The van der Waals surface area contributed by atoms with Gasteiger partial charge in [0, 0.05) is 18.5 Å². The number of ketones is 1. The van der Waals surface area contributed by atoms with Crippen molar-refractivity contribution in [3.05, 3.63) is 23.8 Å². The van der Waals surface area contributed by atoms with Crippen LogP contribution in [0.25, 0.3) is 0 Å². The zero-order chi connectivity index (χ0) is 16.8. The lowest BCUT2D eigenvalue weighted by Gasteiger charge is -2.29. The van der Waals surface area contributed by atoms with Crippen LogP contribution in [0.2, 0.25) is 0 Å². The molecule has 0 radical (unpaired) electrons. The first kappa shape index (κ1) is 17.0. The lowest BCUT2D eigenvalue weighted by molar-refractivity contribution is -0.142. The Kier molecular flexibility index (Phi) is 5.73. The minimum atomic E-state index is -0.355. The van der Waals surface area contributed by atoms with Crippen LogP contribution in [-0.2, 0) is 14.3 Å². The minimum absolute atomic E-state index is 0.0265. The molecule has 23 heavy (non-hydrogen) atoms. The number of fused-ring (bicyclic) bond motifs is 1. The molecule has 0 N–H and O–H groups in total. The number of hydrogen-bond donors (Lipinski definition) is 0. The number of carbonyl (C=O) groups excluding carboxylic acids is 3. The van der Waals surface area contributed by atoms with Crippen molar-refractivity contribution in [3.8, 4) is 5.75 Å². The molecule has 1 aliphatic rings. The summed E-state index contributed by atoms with van der Waals surface area (Å²) in [6.45, 7) is 4.12. The molecule has 0 bridgehead atoms. The molecule has 0 unspecified atom stereocenters.